The van der Waals surface area contributed by atoms with E-state index in [1.165, 1.54) is 0 Å². The number of rotatable bonds is 6. The number of hydrogen-bond acceptors (Lipinski definition) is 4. The summed E-state index contributed by atoms with van der Waals surface area (Å²) in [4.78, 5) is 0. The number of nitrogens with one attached hydrogen (secondary N) is 2. The molecule has 2 aliphatic rings. The average molecular weight is 276 g/mol. The summed E-state index contributed by atoms with van der Waals surface area (Å²) in [5, 5.41) is 3.25. The van der Waals surface area contributed by atoms with Gasteiger partial charge in [-0.3, -0.25) is 0 Å². The van der Waals surface area contributed by atoms with Crippen LogP contribution in [0.25, 0.3) is 0 Å². The normalized spacial score (nSPS) is 26.6. The summed E-state index contributed by atoms with van der Waals surface area (Å²) in [6, 6.07) is 0. The predicted molar refractivity (Wildman–Crippen MR) is 71.0 cm³/mol. The molecule has 0 saturated carbocycles. The first-order valence-corrected chi connectivity index (χ1v) is 8.60. The molecule has 2 saturated heterocycles. The molecule has 106 valence electrons. The number of hydrogen-bond donors (Lipinski definition) is 2. The van der Waals surface area contributed by atoms with Crippen molar-refractivity contribution in [2.75, 3.05) is 32.0 Å². The van der Waals surface area contributed by atoms with Gasteiger partial charge in [-0.2, -0.15) is 0 Å². The van der Waals surface area contributed by atoms with Crippen LogP contribution in [0.4, 0.5) is 0 Å². The summed E-state index contributed by atoms with van der Waals surface area (Å²) in [6.45, 7) is 3.22. The minimum absolute atomic E-state index is 0.256. The second kappa shape index (κ2) is 6.84. The molecular formula is C12H24N2O3S. The summed E-state index contributed by atoms with van der Waals surface area (Å²) >= 11 is 0. The van der Waals surface area contributed by atoms with E-state index in [4.69, 9.17) is 4.74 Å². The molecule has 0 bridgehead atoms. The van der Waals surface area contributed by atoms with Crippen molar-refractivity contribution in [3.05, 3.63) is 0 Å². The van der Waals surface area contributed by atoms with Crippen LogP contribution >= 0.6 is 0 Å². The first-order chi connectivity index (χ1) is 8.66. The molecular weight excluding hydrogens is 252 g/mol. The van der Waals surface area contributed by atoms with Gasteiger partial charge in [0.15, 0.2) is 0 Å². The molecule has 1 unspecified atom stereocenters. The van der Waals surface area contributed by atoms with Crippen molar-refractivity contribution >= 4 is 10.0 Å². The Morgan fingerprint density at radius 2 is 2.00 bits per heavy atom. The van der Waals surface area contributed by atoms with Gasteiger partial charge in [0.2, 0.25) is 10.0 Å². The fourth-order valence-corrected chi connectivity index (χ4v) is 4.17. The highest BCUT2D eigenvalue weighted by atomic mass is 32.2. The quantitative estimate of drug-likeness (QED) is 0.740. The van der Waals surface area contributed by atoms with Gasteiger partial charge in [0, 0.05) is 13.2 Å². The Labute approximate surface area is 110 Å². The molecule has 0 radical (unpaired) electrons. The first-order valence-electron chi connectivity index (χ1n) is 6.95. The lowest BCUT2D eigenvalue weighted by Crippen LogP contribution is -2.36. The Kier molecular flexibility index (Phi) is 5.41. The summed E-state index contributed by atoms with van der Waals surface area (Å²) in [7, 11) is -3.11. The molecule has 1 atom stereocenters. The van der Waals surface area contributed by atoms with Gasteiger partial charge < -0.3 is 10.1 Å². The van der Waals surface area contributed by atoms with Crippen LogP contribution in [0.1, 0.15) is 32.1 Å². The Hall–Kier alpha value is -0.170. The fourth-order valence-electron chi connectivity index (χ4n) is 2.67. The lowest BCUT2D eigenvalue weighted by Gasteiger charge is -2.22. The molecule has 2 fully saturated rings. The van der Waals surface area contributed by atoms with Gasteiger partial charge in [0.25, 0.3) is 0 Å². The fraction of sp³-hybridized carbons (Fsp3) is 1.00. The Balaban J connectivity index is 1.66. The van der Waals surface area contributed by atoms with Crippen molar-refractivity contribution in [1.82, 2.24) is 10.0 Å². The molecule has 0 aromatic heterocycles. The van der Waals surface area contributed by atoms with Gasteiger partial charge >= 0.3 is 0 Å². The molecule has 2 aliphatic heterocycles. The van der Waals surface area contributed by atoms with Crippen molar-refractivity contribution < 1.29 is 13.2 Å². The molecule has 18 heavy (non-hydrogen) atoms. The molecule has 2 heterocycles. The van der Waals surface area contributed by atoms with Gasteiger partial charge in [0.05, 0.1) is 11.9 Å². The largest absolute Gasteiger partial charge is 0.378 e. The second-order valence-corrected chi connectivity index (χ2v) is 7.14. The summed E-state index contributed by atoms with van der Waals surface area (Å²) in [6.07, 6.45) is 5.15. The second-order valence-electron chi connectivity index (χ2n) is 5.29. The third-order valence-electron chi connectivity index (χ3n) is 3.73. The van der Waals surface area contributed by atoms with Gasteiger partial charge in [-0.05, 0) is 51.1 Å². The molecule has 0 aromatic rings. The van der Waals surface area contributed by atoms with E-state index in [-0.39, 0.29) is 11.9 Å². The van der Waals surface area contributed by atoms with E-state index in [2.05, 4.69) is 10.0 Å². The summed E-state index contributed by atoms with van der Waals surface area (Å²) in [5.41, 5.74) is 0. The average Bonchev–Trinajstić information content (AvgIpc) is 2.82. The zero-order chi connectivity index (χ0) is 12.8. The Morgan fingerprint density at radius 1 is 1.22 bits per heavy atom. The van der Waals surface area contributed by atoms with Crippen LogP contribution in [0.15, 0.2) is 0 Å². The first kappa shape index (κ1) is 14.2. The number of ether oxygens (including phenoxy) is 1. The maximum atomic E-state index is 11.9. The third kappa shape index (κ3) is 4.84. The van der Waals surface area contributed by atoms with Crippen molar-refractivity contribution in [1.29, 1.82) is 0 Å². The van der Waals surface area contributed by atoms with Gasteiger partial charge in [-0.25, -0.2) is 13.1 Å². The SMILES string of the molecule is O=S(=O)(CC1CCNCC1)NCCC1CCCO1. The van der Waals surface area contributed by atoms with Crippen LogP contribution in [-0.2, 0) is 14.8 Å². The zero-order valence-electron chi connectivity index (χ0n) is 10.9. The minimum atomic E-state index is -3.11. The Bertz CT molecular complexity index is 333. The van der Waals surface area contributed by atoms with Crippen molar-refractivity contribution in [2.24, 2.45) is 5.92 Å². The van der Waals surface area contributed by atoms with E-state index in [1.807, 2.05) is 0 Å². The van der Waals surface area contributed by atoms with E-state index >= 15 is 0 Å². The van der Waals surface area contributed by atoms with Crippen LogP contribution < -0.4 is 10.0 Å². The number of piperidine rings is 1. The van der Waals surface area contributed by atoms with E-state index in [0.29, 0.717) is 12.5 Å². The van der Waals surface area contributed by atoms with Crippen molar-refractivity contribution in [2.45, 2.75) is 38.2 Å². The molecule has 0 spiro atoms. The van der Waals surface area contributed by atoms with E-state index in [9.17, 15) is 8.42 Å². The molecule has 6 heteroatoms. The van der Waals surface area contributed by atoms with E-state index in [1.54, 1.807) is 0 Å². The highest BCUT2D eigenvalue weighted by molar-refractivity contribution is 7.89. The minimum Gasteiger partial charge on any atom is -0.378 e. The third-order valence-corrected chi connectivity index (χ3v) is 5.28. The molecule has 0 aliphatic carbocycles. The lowest BCUT2D eigenvalue weighted by atomic mass is 10.0. The summed E-state index contributed by atoms with van der Waals surface area (Å²) < 4.78 is 32.0. The maximum absolute atomic E-state index is 11.9. The van der Waals surface area contributed by atoms with Crippen LogP contribution in [0, 0.1) is 5.92 Å². The monoisotopic (exact) mass is 276 g/mol. The standard InChI is InChI=1S/C12H24N2O3S/c15-18(16,10-11-3-6-13-7-4-11)14-8-5-12-2-1-9-17-12/h11-14H,1-10H2. The van der Waals surface area contributed by atoms with Gasteiger partial charge in [0.1, 0.15) is 0 Å². The Morgan fingerprint density at radius 3 is 2.67 bits per heavy atom. The van der Waals surface area contributed by atoms with Gasteiger partial charge in [-0.15, -0.1) is 0 Å². The smallest absolute Gasteiger partial charge is 0.211 e. The maximum Gasteiger partial charge on any atom is 0.211 e. The molecule has 2 rings (SSSR count). The topological polar surface area (TPSA) is 67.4 Å². The predicted octanol–water partition coefficient (Wildman–Crippen LogP) is 0.475. The van der Waals surface area contributed by atoms with Crippen molar-refractivity contribution in [3.63, 3.8) is 0 Å². The van der Waals surface area contributed by atoms with E-state index in [0.717, 1.165) is 51.8 Å². The highest BCUT2D eigenvalue weighted by Gasteiger charge is 2.21. The van der Waals surface area contributed by atoms with Crippen LogP contribution in [0.3, 0.4) is 0 Å². The van der Waals surface area contributed by atoms with Crippen LogP contribution in [-0.4, -0.2) is 46.5 Å². The van der Waals surface area contributed by atoms with Crippen LogP contribution in [0.2, 0.25) is 0 Å². The number of sulfonamides is 1. The van der Waals surface area contributed by atoms with Gasteiger partial charge in [-0.1, -0.05) is 0 Å². The lowest BCUT2D eigenvalue weighted by molar-refractivity contribution is 0.105. The molecule has 0 aromatic carbocycles. The molecule has 0 amide bonds. The van der Waals surface area contributed by atoms with Crippen LogP contribution in [0.5, 0.6) is 0 Å². The van der Waals surface area contributed by atoms with Crippen molar-refractivity contribution in [3.8, 4) is 0 Å². The molecule has 5 nitrogen and oxygen atoms in total. The zero-order valence-corrected chi connectivity index (χ0v) is 11.7. The highest BCUT2D eigenvalue weighted by Crippen LogP contribution is 2.16. The molecule has 2 N–H and O–H groups in total. The summed E-state index contributed by atoms with van der Waals surface area (Å²) in [5.74, 6) is 0.590. The van der Waals surface area contributed by atoms with E-state index < -0.39 is 10.0 Å².